The summed E-state index contributed by atoms with van der Waals surface area (Å²) < 4.78 is 25.6. The molecule has 2 rings (SSSR count). The Morgan fingerprint density at radius 2 is 2.05 bits per heavy atom. The highest BCUT2D eigenvalue weighted by molar-refractivity contribution is 7.90. The van der Waals surface area contributed by atoms with E-state index in [1.807, 2.05) is 4.72 Å². The average Bonchev–Trinajstić information content (AvgIpc) is 2.81. The van der Waals surface area contributed by atoms with Crippen molar-refractivity contribution in [1.29, 1.82) is 0 Å². The smallest absolute Gasteiger partial charge is 0.281 e. The number of nitrogens with zero attached hydrogens (tertiary/aromatic N) is 2. The summed E-state index contributed by atoms with van der Waals surface area (Å²) >= 11 is 6.82. The highest BCUT2D eigenvalue weighted by Crippen LogP contribution is 2.20. The topological polar surface area (TPSA) is 101 Å². The molecule has 1 heterocycles. The summed E-state index contributed by atoms with van der Waals surface area (Å²) in [5, 5.41) is 9.51. The number of aromatic nitrogens is 2. The van der Waals surface area contributed by atoms with Crippen molar-refractivity contribution >= 4 is 44.1 Å². The van der Waals surface area contributed by atoms with Crippen LogP contribution < -0.4 is 10.0 Å². The number of carbonyl (C=O) groups excluding carboxylic acids is 1. The van der Waals surface area contributed by atoms with Gasteiger partial charge in [0.2, 0.25) is 5.13 Å². The molecule has 2 N–H and O–H groups in total. The largest absolute Gasteiger partial charge is 0.334 e. The van der Waals surface area contributed by atoms with Crippen LogP contribution in [0.5, 0.6) is 0 Å². The molecule has 0 aliphatic heterocycles. The van der Waals surface area contributed by atoms with Crippen molar-refractivity contribution in [3.8, 4) is 0 Å². The lowest BCUT2D eigenvalue weighted by Gasteiger charge is -2.07. The first-order valence-corrected chi connectivity index (χ1v) is 7.57. The molecule has 0 atom stereocenters. The van der Waals surface area contributed by atoms with Gasteiger partial charge in [-0.1, -0.05) is 35.1 Å². The molecule has 0 unspecified atom stereocenters. The highest BCUT2D eigenvalue weighted by atomic mass is 35.5. The van der Waals surface area contributed by atoms with E-state index in [0.29, 0.717) is 0 Å². The van der Waals surface area contributed by atoms with Gasteiger partial charge >= 0.3 is 6.03 Å². The highest BCUT2D eigenvalue weighted by Gasteiger charge is 2.20. The van der Waals surface area contributed by atoms with Gasteiger partial charge in [-0.2, -0.15) is 0 Å². The van der Waals surface area contributed by atoms with E-state index in [9.17, 15) is 13.2 Å². The third kappa shape index (κ3) is 3.40. The minimum absolute atomic E-state index is 0.0266. The molecule has 2 amide bonds. The zero-order valence-corrected chi connectivity index (χ0v) is 11.6. The van der Waals surface area contributed by atoms with Gasteiger partial charge in [-0.3, -0.25) is 5.32 Å². The Bertz CT molecular complexity index is 687. The molecule has 0 aliphatic rings. The molecule has 0 saturated heterocycles. The Balaban J connectivity index is 2.14. The Morgan fingerprint density at radius 3 is 2.68 bits per heavy atom. The molecule has 0 radical (unpaired) electrons. The first kappa shape index (κ1) is 13.7. The number of carbonyl (C=O) groups is 1. The van der Waals surface area contributed by atoms with Crippen LogP contribution >= 0.6 is 22.9 Å². The molecule has 1 aromatic heterocycles. The fraction of sp³-hybridized carbons (Fsp3) is 0. The van der Waals surface area contributed by atoms with Gasteiger partial charge in [0.25, 0.3) is 10.0 Å². The number of amides is 2. The number of urea groups is 1. The Hall–Kier alpha value is -1.71. The summed E-state index contributed by atoms with van der Waals surface area (Å²) in [4.78, 5) is 11.3. The molecule has 7 nitrogen and oxygen atoms in total. The molecule has 0 saturated carbocycles. The summed E-state index contributed by atoms with van der Waals surface area (Å²) in [7, 11) is -4.03. The van der Waals surface area contributed by atoms with Crippen molar-refractivity contribution in [3.63, 3.8) is 0 Å². The molecule has 0 spiro atoms. The molecular formula is C9H7ClN4O3S2. The molecule has 0 aliphatic carbocycles. The number of hydrogen-bond acceptors (Lipinski definition) is 6. The minimum atomic E-state index is -4.03. The number of benzene rings is 1. The first-order chi connectivity index (χ1) is 8.99. The third-order valence-electron chi connectivity index (χ3n) is 1.93. The van der Waals surface area contributed by atoms with Gasteiger partial charge in [0.05, 0.1) is 5.02 Å². The van der Waals surface area contributed by atoms with Crippen molar-refractivity contribution in [1.82, 2.24) is 14.9 Å². The van der Waals surface area contributed by atoms with Gasteiger partial charge in [-0.15, -0.1) is 10.2 Å². The zero-order chi connectivity index (χ0) is 13.9. The summed E-state index contributed by atoms with van der Waals surface area (Å²) in [5.74, 6) is 0. The molecule has 0 bridgehead atoms. The second-order valence-corrected chi connectivity index (χ2v) is 6.13. The van der Waals surface area contributed by atoms with Crippen molar-refractivity contribution in [3.05, 3.63) is 34.8 Å². The zero-order valence-electron chi connectivity index (χ0n) is 9.20. The van der Waals surface area contributed by atoms with Crippen LogP contribution in [0.2, 0.25) is 5.02 Å². The maximum absolute atomic E-state index is 11.9. The number of hydrogen-bond donors (Lipinski definition) is 2. The van der Waals surface area contributed by atoms with E-state index in [1.165, 1.54) is 23.7 Å². The molecule has 100 valence electrons. The maximum atomic E-state index is 11.9. The normalized spacial score (nSPS) is 11.0. The summed E-state index contributed by atoms with van der Waals surface area (Å²) in [6, 6.07) is 4.87. The number of rotatable bonds is 3. The van der Waals surface area contributed by atoms with E-state index in [0.717, 1.165) is 11.3 Å². The van der Waals surface area contributed by atoms with Crippen LogP contribution in [0.1, 0.15) is 0 Å². The Morgan fingerprint density at radius 1 is 1.32 bits per heavy atom. The first-order valence-electron chi connectivity index (χ1n) is 4.83. The fourth-order valence-electron chi connectivity index (χ4n) is 1.19. The number of sulfonamides is 1. The number of nitrogens with one attached hydrogen (secondary N) is 2. The monoisotopic (exact) mass is 318 g/mol. The number of halogens is 1. The van der Waals surface area contributed by atoms with E-state index in [2.05, 4.69) is 15.5 Å². The second kappa shape index (κ2) is 5.51. The van der Waals surface area contributed by atoms with Crippen LogP contribution in [0.4, 0.5) is 9.93 Å². The van der Waals surface area contributed by atoms with E-state index in [-0.39, 0.29) is 15.0 Å². The predicted octanol–water partition coefficient (Wildman–Crippen LogP) is 1.70. The standard InChI is InChI=1S/C9H7ClN4O3S2/c10-6-3-1-2-4-7(6)19(16,17)14-8(15)12-9-13-11-5-18-9/h1-5H,(H2,12,13,14,15). The minimum Gasteiger partial charge on any atom is -0.281 e. The van der Waals surface area contributed by atoms with Gasteiger partial charge in [0.1, 0.15) is 10.4 Å². The Labute approximate surface area is 117 Å². The van der Waals surface area contributed by atoms with Gasteiger partial charge < -0.3 is 0 Å². The van der Waals surface area contributed by atoms with E-state index in [1.54, 1.807) is 6.07 Å². The molecule has 1 aromatic carbocycles. The lowest BCUT2D eigenvalue weighted by Crippen LogP contribution is -2.34. The van der Waals surface area contributed by atoms with Crippen molar-refractivity contribution in [2.45, 2.75) is 4.90 Å². The van der Waals surface area contributed by atoms with E-state index >= 15 is 0 Å². The van der Waals surface area contributed by atoms with Crippen LogP contribution in [-0.2, 0) is 10.0 Å². The van der Waals surface area contributed by atoms with Crippen LogP contribution in [-0.4, -0.2) is 24.6 Å². The van der Waals surface area contributed by atoms with E-state index in [4.69, 9.17) is 11.6 Å². The van der Waals surface area contributed by atoms with Crippen LogP contribution in [0, 0.1) is 0 Å². The Kier molecular flexibility index (Phi) is 3.98. The average molecular weight is 319 g/mol. The second-order valence-electron chi connectivity index (χ2n) is 3.23. The summed E-state index contributed by atoms with van der Waals surface area (Å²) in [6.45, 7) is 0. The fourth-order valence-corrected chi connectivity index (χ4v) is 3.06. The van der Waals surface area contributed by atoms with Gasteiger partial charge in [-0.05, 0) is 12.1 Å². The SMILES string of the molecule is O=C(Nc1nncs1)NS(=O)(=O)c1ccccc1Cl. The van der Waals surface area contributed by atoms with Crippen LogP contribution in [0.15, 0.2) is 34.7 Å². The summed E-state index contributed by atoms with van der Waals surface area (Å²) in [5.41, 5.74) is 1.40. The van der Waals surface area contributed by atoms with Crippen LogP contribution in [0.25, 0.3) is 0 Å². The van der Waals surface area contributed by atoms with Gasteiger partial charge in [0.15, 0.2) is 0 Å². The van der Waals surface area contributed by atoms with E-state index < -0.39 is 16.1 Å². The van der Waals surface area contributed by atoms with Gasteiger partial charge in [-0.25, -0.2) is 17.9 Å². The molecule has 2 aromatic rings. The maximum Gasteiger partial charge on any atom is 0.334 e. The van der Waals surface area contributed by atoms with Crippen molar-refractivity contribution in [2.24, 2.45) is 0 Å². The van der Waals surface area contributed by atoms with Crippen molar-refractivity contribution in [2.75, 3.05) is 5.32 Å². The predicted molar refractivity (Wildman–Crippen MR) is 70.7 cm³/mol. The van der Waals surface area contributed by atoms with Crippen LogP contribution in [0.3, 0.4) is 0 Å². The lowest BCUT2D eigenvalue weighted by molar-refractivity contribution is 0.256. The molecule has 10 heteroatoms. The molecular weight excluding hydrogens is 312 g/mol. The third-order valence-corrected chi connectivity index (χ3v) is 4.37. The quantitative estimate of drug-likeness (QED) is 0.897. The molecule has 0 fully saturated rings. The van der Waals surface area contributed by atoms with Gasteiger partial charge in [0, 0.05) is 0 Å². The van der Waals surface area contributed by atoms with Crippen molar-refractivity contribution < 1.29 is 13.2 Å². The lowest BCUT2D eigenvalue weighted by atomic mass is 10.4. The summed E-state index contributed by atoms with van der Waals surface area (Å²) in [6.07, 6.45) is 0. The number of anilines is 1. The molecule has 19 heavy (non-hydrogen) atoms.